The molecular formula is C20H21N5O4S. The minimum absolute atomic E-state index is 0.0254. The normalized spacial score (nSPS) is 17.7. The van der Waals surface area contributed by atoms with E-state index >= 15 is 0 Å². The fraction of sp³-hybridized carbons (Fsp3) is 0.250. The summed E-state index contributed by atoms with van der Waals surface area (Å²) >= 11 is 0. The molecule has 3 aromatic rings. The van der Waals surface area contributed by atoms with Crippen molar-refractivity contribution in [2.45, 2.75) is 19.4 Å². The van der Waals surface area contributed by atoms with Gasteiger partial charge in [0.15, 0.2) is 9.84 Å². The molecule has 0 radical (unpaired) electrons. The van der Waals surface area contributed by atoms with Crippen LogP contribution >= 0.6 is 0 Å². The molecule has 0 spiro atoms. The fourth-order valence-corrected chi connectivity index (χ4v) is 5.04. The van der Waals surface area contributed by atoms with Crippen molar-refractivity contribution in [3.05, 3.63) is 42.1 Å². The highest BCUT2D eigenvalue weighted by Crippen LogP contribution is 2.30. The van der Waals surface area contributed by atoms with E-state index in [-0.39, 0.29) is 17.3 Å². The van der Waals surface area contributed by atoms with E-state index in [2.05, 4.69) is 15.3 Å². The number of nitrogens with zero attached hydrogens (tertiary/aromatic N) is 2. The first-order valence-corrected chi connectivity index (χ1v) is 11.1. The van der Waals surface area contributed by atoms with Crippen molar-refractivity contribution in [2.75, 3.05) is 28.3 Å². The molecule has 1 atom stereocenters. The topological polar surface area (TPSA) is 150 Å². The zero-order valence-electron chi connectivity index (χ0n) is 16.3. The minimum Gasteiger partial charge on any atom is -0.445 e. The first-order valence-electron chi connectivity index (χ1n) is 9.31. The Labute approximate surface area is 173 Å². The van der Waals surface area contributed by atoms with Gasteiger partial charge in [0.2, 0.25) is 0 Å². The number of hydrogen-bond donors (Lipinski definition) is 3. The smallest absolute Gasteiger partial charge is 0.413 e. The Hall–Kier alpha value is -3.40. The quantitative estimate of drug-likeness (QED) is 0.540. The second-order valence-electron chi connectivity index (χ2n) is 7.26. The molecule has 4 rings (SSSR count). The van der Waals surface area contributed by atoms with Crippen LogP contribution in [0, 0.1) is 6.92 Å². The highest BCUT2D eigenvalue weighted by molar-refractivity contribution is 7.91. The van der Waals surface area contributed by atoms with E-state index in [9.17, 15) is 13.2 Å². The molecule has 9 nitrogen and oxygen atoms in total. The fourth-order valence-electron chi connectivity index (χ4n) is 3.45. The van der Waals surface area contributed by atoms with Crippen LogP contribution in [0.5, 0.6) is 0 Å². The second kappa shape index (κ2) is 7.45. The molecule has 10 heteroatoms. The molecule has 30 heavy (non-hydrogen) atoms. The molecule has 1 amide bonds. The molecule has 1 aliphatic rings. The number of hydrogen-bond acceptors (Lipinski definition) is 8. The maximum absolute atomic E-state index is 12.1. The van der Waals surface area contributed by atoms with Crippen molar-refractivity contribution in [3.63, 3.8) is 0 Å². The van der Waals surface area contributed by atoms with Crippen LogP contribution in [0.4, 0.5) is 22.1 Å². The molecule has 1 saturated heterocycles. The summed E-state index contributed by atoms with van der Waals surface area (Å²) in [7, 11) is -3.14. The van der Waals surface area contributed by atoms with Crippen LogP contribution in [0.15, 0.2) is 36.5 Å². The van der Waals surface area contributed by atoms with Crippen molar-refractivity contribution in [2.24, 2.45) is 0 Å². The first kappa shape index (κ1) is 19.9. The van der Waals surface area contributed by atoms with E-state index in [1.807, 2.05) is 31.2 Å². The summed E-state index contributed by atoms with van der Waals surface area (Å²) in [6.45, 7) is 1.91. The van der Waals surface area contributed by atoms with Gasteiger partial charge in [0.05, 0.1) is 17.2 Å². The van der Waals surface area contributed by atoms with Crippen LogP contribution in [0.2, 0.25) is 0 Å². The Morgan fingerprint density at radius 1 is 1.27 bits per heavy atom. The number of aromatic nitrogens is 2. The molecular weight excluding hydrogens is 406 g/mol. The lowest BCUT2D eigenvalue weighted by atomic mass is 10.0. The van der Waals surface area contributed by atoms with E-state index in [1.165, 1.54) is 6.20 Å². The van der Waals surface area contributed by atoms with E-state index in [0.717, 1.165) is 16.5 Å². The van der Waals surface area contributed by atoms with Crippen LogP contribution in [-0.2, 0) is 14.6 Å². The number of benzene rings is 1. The van der Waals surface area contributed by atoms with Crippen LogP contribution < -0.4 is 16.8 Å². The molecule has 3 heterocycles. The second-order valence-corrected chi connectivity index (χ2v) is 9.49. The number of ether oxygens (including phenoxy) is 1. The number of nitrogens with one attached hydrogen (secondary N) is 1. The molecule has 0 unspecified atom stereocenters. The average Bonchev–Trinajstić information content (AvgIpc) is 3.01. The zero-order valence-corrected chi connectivity index (χ0v) is 17.1. The standard InChI is InChI=1S/C20H21N5O4S/c1-11-14(3-2-4-16(11)21)17-7-12-8-18(23-9-15(12)19(22)24-17)25-20(26)29-13-5-6-30(27,28)10-13/h2-4,7-9,13H,5-6,10,21H2,1H3,(H2,22,24)(H,23,25,26)/t13-/m1/s1. The SMILES string of the molecule is Cc1c(N)cccc1-c1cc2cc(NC(=O)O[C@@H]3CCS(=O)(=O)C3)ncc2c(N)n1. The number of rotatable bonds is 3. The summed E-state index contributed by atoms with van der Waals surface area (Å²) in [5.74, 6) is 0.435. The predicted octanol–water partition coefficient (Wildman–Crippen LogP) is 2.51. The Bertz CT molecular complexity index is 1260. The number of amides is 1. The van der Waals surface area contributed by atoms with Crippen LogP contribution in [0.3, 0.4) is 0 Å². The largest absolute Gasteiger partial charge is 0.445 e. The highest BCUT2D eigenvalue weighted by atomic mass is 32.2. The van der Waals surface area contributed by atoms with Crippen molar-refractivity contribution in [3.8, 4) is 11.3 Å². The van der Waals surface area contributed by atoms with E-state index in [1.54, 1.807) is 6.07 Å². The van der Waals surface area contributed by atoms with Gasteiger partial charge < -0.3 is 16.2 Å². The first-order chi connectivity index (χ1) is 14.2. The van der Waals surface area contributed by atoms with Gasteiger partial charge in [-0.1, -0.05) is 12.1 Å². The number of nitrogens with two attached hydrogens (primary N) is 2. The Morgan fingerprint density at radius 3 is 2.80 bits per heavy atom. The zero-order chi connectivity index (χ0) is 21.5. The number of anilines is 3. The van der Waals surface area contributed by atoms with Crippen LogP contribution in [0.1, 0.15) is 12.0 Å². The number of nitrogen functional groups attached to an aromatic ring is 2. The third kappa shape index (κ3) is 3.99. The third-order valence-corrected chi connectivity index (χ3v) is 6.83. The van der Waals surface area contributed by atoms with E-state index < -0.39 is 22.0 Å². The molecule has 5 N–H and O–H groups in total. The number of carbonyl (C=O) groups is 1. The van der Waals surface area contributed by atoms with Crippen molar-refractivity contribution >= 4 is 44.0 Å². The average molecular weight is 427 g/mol. The van der Waals surface area contributed by atoms with Gasteiger partial charge in [-0.05, 0) is 42.5 Å². The summed E-state index contributed by atoms with van der Waals surface area (Å²) in [6.07, 6.45) is 0.418. The van der Waals surface area contributed by atoms with Crippen molar-refractivity contribution in [1.82, 2.24) is 9.97 Å². The Balaban J connectivity index is 1.60. The van der Waals surface area contributed by atoms with Gasteiger partial charge in [0.1, 0.15) is 17.7 Å². The Kier molecular flexibility index (Phi) is 4.94. The van der Waals surface area contributed by atoms with Gasteiger partial charge >= 0.3 is 6.09 Å². The van der Waals surface area contributed by atoms with Crippen LogP contribution in [0.25, 0.3) is 22.0 Å². The van der Waals surface area contributed by atoms with Gasteiger partial charge in [-0.3, -0.25) is 5.32 Å². The lowest BCUT2D eigenvalue weighted by Gasteiger charge is -2.13. The molecule has 1 aromatic carbocycles. The lowest BCUT2D eigenvalue weighted by Crippen LogP contribution is -2.23. The molecule has 1 fully saturated rings. The Morgan fingerprint density at radius 2 is 2.07 bits per heavy atom. The minimum atomic E-state index is -3.14. The van der Waals surface area contributed by atoms with E-state index in [4.69, 9.17) is 16.2 Å². The molecule has 0 saturated carbocycles. The van der Waals surface area contributed by atoms with Gasteiger partial charge in [0.25, 0.3) is 0 Å². The molecule has 0 bridgehead atoms. The number of carbonyl (C=O) groups excluding carboxylic acids is 1. The summed E-state index contributed by atoms with van der Waals surface area (Å²) in [6, 6.07) is 9.07. The van der Waals surface area contributed by atoms with Crippen LogP contribution in [-0.4, -0.2) is 42.1 Å². The van der Waals surface area contributed by atoms with Gasteiger partial charge in [-0.15, -0.1) is 0 Å². The number of sulfone groups is 1. The third-order valence-electron chi connectivity index (χ3n) is 5.09. The summed E-state index contributed by atoms with van der Waals surface area (Å²) < 4.78 is 28.2. The maximum atomic E-state index is 12.1. The molecule has 2 aromatic heterocycles. The highest BCUT2D eigenvalue weighted by Gasteiger charge is 2.30. The van der Waals surface area contributed by atoms with Gasteiger partial charge in [-0.2, -0.15) is 0 Å². The summed E-state index contributed by atoms with van der Waals surface area (Å²) in [5, 5.41) is 3.91. The predicted molar refractivity (Wildman–Crippen MR) is 116 cm³/mol. The van der Waals surface area contributed by atoms with Gasteiger partial charge in [0, 0.05) is 22.8 Å². The van der Waals surface area contributed by atoms with Crippen molar-refractivity contribution in [1.29, 1.82) is 0 Å². The van der Waals surface area contributed by atoms with Gasteiger partial charge in [-0.25, -0.2) is 23.2 Å². The van der Waals surface area contributed by atoms with Crippen molar-refractivity contribution < 1.29 is 17.9 Å². The summed E-state index contributed by atoms with van der Waals surface area (Å²) in [4.78, 5) is 20.8. The number of pyridine rings is 2. The lowest BCUT2D eigenvalue weighted by molar-refractivity contribution is 0.124. The monoisotopic (exact) mass is 427 g/mol. The number of fused-ring (bicyclic) bond motifs is 1. The summed E-state index contributed by atoms with van der Waals surface area (Å²) in [5.41, 5.74) is 15.2. The molecule has 1 aliphatic heterocycles. The van der Waals surface area contributed by atoms with E-state index in [0.29, 0.717) is 29.0 Å². The molecule has 156 valence electrons. The maximum Gasteiger partial charge on any atom is 0.413 e. The molecule has 0 aliphatic carbocycles.